The molecule has 3 aromatic rings. The molecule has 0 aliphatic rings. The lowest BCUT2D eigenvalue weighted by atomic mass is 10.0. The molecule has 0 aliphatic carbocycles. The molecule has 0 fully saturated rings. The number of carbonyl (C=O) groups excluding carboxylic acids is 1. The Morgan fingerprint density at radius 2 is 1.68 bits per heavy atom. The average Bonchev–Trinajstić information content (AvgIpc) is 2.78. The zero-order valence-electron chi connectivity index (χ0n) is 19.9. The fraction of sp³-hybridized carbons (Fsp3) is 0.250. The van der Waals surface area contributed by atoms with Crippen LogP contribution in [0.5, 0.6) is 28.7 Å². The van der Waals surface area contributed by atoms with Crippen molar-refractivity contribution in [3.8, 4) is 28.7 Å². The third-order valence-electron chi connectivity index (χ3n) is 4.75. The molecule has 7 nitrogen and oxygen atoms in total. The lowest BCUT2D eigenvalue weighted by Gasteiger charge is -2.20. The van der Waals surface area contributed by atoms with Crippen molar-refractivity contribution in [2.24, 2.45) is 0 Å². The van der Waals surface area contributed by atoms with Crippen molar-refractivity contribution in [3.63, 3.8) is 0 Å². The van der Waals surface area contributed by atoms with E-state index in [0.717, 1.165) is 25.3 Å². The van der Waals surface area contributed by atoms with Crippen LogP contribution in [-0.2, 0) is 6.18 Å². The van der Waals surface area contributed by atoms with E-state index in [2.05, 4.69) is 15.0 Å². The first-order valence-electron chi connectivity index (χ1n) is 10.7. The van der Waals surface area contributed by atoms with Crippen LogP contribution in [0.4, 0.5) is 36.4 Å². The van der Waals surface area contributed by atoms with E-state index in [4.69, 9.17) is 14.2 Å². The van der Waals surface area contributed by atoms with Crippen molar-refractivity contribution in [2.75, 3.05) is 19.0 Å². The van der Waals surface area contributed by atoms with E-state index in [1.807, 2.05) is 0 Å². The summed E-state index contributed by atoms with van der Waals surface area (Å²) in [6, 6.07) is 5.93. The first-order chi connectivity index (χ1) is 17.7. The molecule has 2 aromatic carbocycles. The molecule has 0 saturated carbocycles. The molecule has 0 saturated heterocycles. The van der Waals surface area contributed by atoms with Crippen LogP contribution in [0.15, 0.2) is 42.6 Å². The topological polar surface area (TPSA) is 78.9 Å². The summed E-state index contributed by atoms with van der Waals surface area (Å²) in [6.45, 7) is 3.02. The lowest BCUT2D eigenvalue weighted by molar-refractivity contribution is -0.274. The van der Waals surface area contributed by atoms with Crippen LogP contribution in [0.25, 0.3) is 0 Å². The Bertz CT molecular complexity index is 1330. The number of hydrogen-bond donors (Lipinski definition) is 1. The molecule has 204 valence electrons. The molecule has 1 aromatic heterocycles. The molecule has 38 heavy (non-hydrogen) atoms. The maximum absolute atomic E-state index is 15.4. The summed E-state index contributed by atoms with van der Waals surface area (Å²) in [5.41, 5.74) is -2.46. The number of carbonyl (C=O) groups is 1. The van der Waals surface area contributed by atoms with Crippen molar-refractivity contribution >= 4 is 11.6 Å². The molecule has 0 atom stereocenters. The highest BCUT2D eigenvalue weighted by molar-refractivity contribution is 6.07. The molecule has 14 heteroatoms. The van der Waals surface area contributed by atoms with Crippen LogP contribution in [-0.4, -0.2) is 31.0 Å². The van der Waals surface area contributed by atoms with Gasteiger partial charge in [0.2, 0.25) is 0 Å². The summed E-state index contributed by atoms with van der Waals surface area (Å²) >= 11 is 0. The number of benzene rings is 2. The number of aromatic nitrogens is 1. The largest absolute Gasteiger partial charge is 0.573 e. The summed E-state index contributed by atoms with van der Waals surface area (Å²) in [5.74, 6) is -6.41. The van der Waals surface area contributed by atoms with E-state index < -0.39 is 52.6 Å². The number of rotatable bonds is 8. The van der Waals surface area contributed by atoms with Crippen molar-refractivity contribution < 1.29 is 54.5 Å². The number of nitrogens with one attached hydrogen (secondary N) is 1. The third kappa shape index (κ3) is 6.75. The zero-order valence-corrected chi connectivity index (χ0v) is 19.9. The zero-order chi connectivity index (χ0) is 28.3. The standard InChI is InChI=1S/C24H19F7N2O5/c1-4-36-16-10-14(38-24(29,30)31)5-6-15(16)37-17-11-18(35-3)20(23(26,27)28)21(25)19(17)22(34)33-13-7-8-32-12(2)9-13/h5-11H,4H2,1-3H3,(H,32,33,34). The van der Waals surface area contributed by atoms with E-state index in [9.17, 15) is 31.1 Å². The molecule has 3 rings (SSSR count). The Balaban J connectivity index is 2.16. The van der Waals surface area contributed by atoms with Gasteiger partial charge in [0, 0.05) is 29.7 Å². The van der Waals surface area contributed by atoms with Crippen LogP contribution in [0, 0.1) is 12.7 Å². The second kappa shape index (κ2) is 11.0. The monoisotopic (exact) mass is 548 g/mol. The third-order valence-corrected chi connectivity index (χ3v) is 4.75. The number of anilines is 1. The fourth-order valence-corrected chi connectivity index (χ4v) is 3.30. The highest BCUT2D eigenvalue weighted by Gasteiger charge is 2.41. The van der Waals surface area contributed by atoms with Crippen molar-refractivity contribution in [1.29, 1.82) is 0 Å². The lowest BCUT2D eigenvalue weighted by Crippen LogP contribution is -2.20. The number of nitrogens with zero attached hydrogens (tertiary/aromatic N) is 1. The number of hydrogen-bond acceptors (Lipinski definition) is 6. The maximum Gasteiger partial charge on any atom is 0.573 e. The Morgan fingerprint density at radius 1 is 0.974 bits per heavy atom. The molecule has 1 N–H and O–H groups in total. The first-order valence-corrected chi connectivity index (χ1v) is 10.7. The smallest absolute Gasteiger partial charge is 0.496 e. The Labute approximate surface area is 211 Å². The number of halogens is 7. The molecular weight excluding hydrogens is 529 g/mol. The van der Waals surface area contributed by atoms with Crippen LogP contribution < -0.4 is 24.3 Å². The Hall–Kier alpha value is -4.23. The van der Waals surface area contributed by atoms with Crippen LogP contribution in [0.1, 0.15) is 28.5 Å². The van der Waals surface area contributed by atoms with E-state index >= 15 is 4.39 Å². The van der Waals surface area contributed by atoms with Gasteiger partial charge in [-0.3, -0.25) is 9.78 Å². The normalized spacial score (nSPS) is 11.6. The number of amides is 1. The minimum Gasteiger partial charge on any atom is -0.496 e. The minimum absolute atomic E-state index is 0.0642. The van der Waals surface area contributed by atoms with Crippen molar-refractivity contribution in [3.05, 3.63) is 65.2 Å². The van der Waals surface area contributed by atoms with Crippen LogP contribution in [0.2, 0.25) is 0 Å². The van der Waals surface area contributed by atoms with Gasteiger partial charge in [-0.25, -0.2) is 4.39 Å². The van der Waals surface area contributed by atoms with E-state index in [0.29, 0.717) is 11.8 Å². The second-order valence-corrected chi connectivity index (χ2v) is 7.47. The summed E-state index contributed by atoms with van der Waals surface area (Å²) in [7, 11) is 0.849. The molecule has 0 aliphatic heterocycles. The van der Waals surface area contributed by atoms with Gasteiger partial charge in [-0.2, -0.15) is 13.2 Å². The quantitative estimate of drug-likeness (QED) is 0.309. The number of aryl methyl sites for hydroxylation is 1. The predicted octanol–water partition coefficient (Wildman–Crippen LogP) is 6.90. The van der Waals surface area contributed by atoms with Crippen LogP contribution in [0.3, 0.4) is 0 Å². The SMILES string of the molecule is CCOc1cc(OC(F)(F)F)ccc1Oc1cc(OC)c(C(F)(F)F)c(F)c1C(=O)Nc1ccnc(C)c1. The predicted molar refractivity (Wildman–Crippen MR) is 119 cm³/mol. The molecule has 0 unspecified atom stereocenters. The summed E-state index contributed by atoms with van der Waals surface area (Å²) in [6.07, 6.45) is -8.97. The molecule has 0 bridgehead atoms. The van der Waals surface area contributed by atoms with E-state index in [-0.39, 0.29) is 23.8 Å². The van der Waals surface area contributed by atoms with Crippen molar-refractivity contribution in [1.82, 2.24) is 4.98 Å². The summed E-state index contributed by atoms with van der Waals surface area (Å²) in [5, 5.41) is 2.27. The molecule has 0 radical (unpaired) electrons. The van der Waals surface area contributed by atoms with Gasteiger partial charge in [0.05, 0.1) is 13.7 Å². The molecule has 1 amide bonds. The number of methoxy groups -OCH3 is 1. The van der Waals surface area contributed by atoms with Gasteiger partial charge in [-0.15, -0.1) is 13.2 Å². The van der Waals surface area contributed by atoms with E-state index in [1.165, 1.54) is 25.3 Å². The first kappa shape index (κ1) is 28.3. The molecular formula is C24H19F7N2O5. The fourth-order valence-electron chi connectivity index (χ4n) is 3.30. The van der Waals surface area contributed by atoms with Gasteiger partial charge < -0.3 is 24.3 Å². The summed E-state index contributed by atoms with van der Waals surface area (Å²) < 4.78 is 114. The second-order valence-electron chi connectivity index (χ2n) is 7.47. The van der Waals surface area contributed by atoms with Gasteiger partial charge in [0.15, 0.2) is 17.3 Å². The number of pyridine rings is 1. The summed E-state index contributed by atoms with van der Waals surface area (Å²) in [4.78, 5) is 16.9. The maximum atomic E-state index is 15.4. The number of ether oxygens (including phenoxy) is 4. The van der Waals surface area contributed by atoms with Gasteiger partial charge in [0.1, 0.15) is 28.4 Å². The van der Waals surface area contributed by atoms with Gasteiger partial charge >= 0.3 is 12.5 Å². The Morgan fingerprint density at radius 3 is 2.26 bits per heavy atom. The van der Waals surface area contributed by atoms with E-state index in [1.54, 1.807) is 6.92 Å². The highest BCUT2D eigenvalue weighted by atomic mass is 19.4. The van der Waals surface area contributed by atoms with Gasteiger partial charge in [0.25, 0.3) is 5.91 Å². The van der Waals surface area contributed by atoms with Gasteiger partial charge in [-0.05, 0) is 38.1 Å². The number of alkyl halides is 6. The average molecular weight is 548 g/mol. The molecule has 1 heterocycles. The minimum atomic E-state index is -5.26. The van der Waals surface area contributed by atoms with Crippen molar-refractivity contribution in [2.45, 2.75) is 26.4 Å². The Kier molecular flexibility index (Phi) is 8.22. The highest BCUT2D eigenvalue weighted by Crippen LogP contribution is 2.45. The molecule has 0 spiro atoms. The van der Waals surface area contributed by atoms with Gasteiger partial charge in [-0.1, -0.05) is 0 Å². The van der Waals surface area contributed by atoms with Crippen LogP contribution >= 0.6 is 0 Å².